The van der Waals surface area contributed by atoms with Gasteiger partial charge in [-0.05, 0) is 18.6 Å². The van der Waals surface area contributed by atoms with Gasteiger partial charge in [0.05, 0.1) is 5.75 Å². The average Bonchev–Trinajstić information content (AvgIpc) is 2.46. The van der Waals surface area contributed by atoms with Crippen LogP contribution in [0, 0.1) is 12.7 Å². The fourth-order valence-corrected chi connectivity index (χ4v) is 3.25. The van der Waals surface area contributed by atoms with Gasteiger partial charge in [-0.25, -0.2) is 12.8 Å². The molecular weight excluding hydrogens is 301 g/mol. The van der Waals surface area contributed by atoms with Gasteiger partial charge in [0.25, 0.3) is 0 Å². The Balaban J connectivity index is 2.18. The maximum absolute atomic E-state index is 13.8. The van der Waals surface area contributed by atoms with Crippen molar-refractivity contribution in [2.75, 3.05) is 12.0 Å². The maximum Gasteiger partial charge on any atom is 0.149 e. The lowest BCUT2D eigenvalue weighted by atomic mass is 10.1. The van der Waals surface area contributed by atoms with Gasteiger partial charge < -0.3 is 5.32 Å². The van der Waals surface area contributed by atoms with Crippen molar-refractivity contribution in [1.29, 1.82) is 0 Å². The van der Waals surface area contributed by atoms with E-state index in [1.807, 2.05) is 37.3 Å². The lowest BCUT2D eigenvalue weighted by Crippen LogP contribution is -2.27. The van der Waals surface area contributed by atoms with Crippen molar-refractivity contribution in [3.63, 3.8) is 0 Å². The minimum atomic E-state index is -3.15. The fourth-order valence-electron chi connectivity index (χ4n) is 2.33. The number of halogens is 1. The molecule has 0 saturated heterocycles. The minimum absolute atomic E-state index is 0.0234. The minimum Gasteiger partial charge on any atom is -0.305 e. The Morgan fingerprint density at radius 3 is 2.45 bits per heavy atom. The van der Waals surface area contributed by atoms with Crippen molar-refractivity contribution >= 4 is 9.84 Å². The van der Waals surface area contributed by atoms with Gasteiger partial charge in [0, 0.05) is 24.4 Å². The monoisotopic (exact) mass is 321 g/mol. The van der Waals surface area contributed by atoms with E-state index < -0.39 is 9.84 Å². The first kappa shape index (κ1) is 16.6. The van der Waals surface area contributed by atoms with Gasteiger partial charge in [-0.1, -0.05) is 48.0 Å². The Morgan fingerprint density at radius 1 is 1.14 bits per heavy atom. The van der Waals surface area contributed by atoms with Crippen LogP contribution in [0.25, 0.3) is 0 Å². The van der Waals surface area contributed by atoms with Crippen molar-refractivity contribution in [2.24, 2.45) is 0 Å². The van der Waals surface area contributed by atoms with E-state index in [-0.39, 0.29) is 24.2 Å². The van der Waals surface area contributed by atoms with E-state index >= 15 is 0 Å². The van der Waals surface area contributed by atoms with Crippen molar-refractivity contribution < 1.29 is 12.8 Å². The topological polar surface area (TPSA) is 46.2 Å². The first-order valence-corrected chi connectivity index (χ1v) is 9.12. The zero-order valence-electron chi connectivity index (χ0n) is 12.7. The highest BCUT2D eigenvalue weighted by Crippen LogP contribution is 2.17. The van der Waals surface area contributed by atoms with Gasteiger partial charge in [0.15, 0.2) is 0 Å². The SMILES string of the molecule is Cc1ccc(F)c(CNC(CS(C)(=O)=O)c2ccccc2)c1. The van der Waals surface area contributed by atoms with Crippen LogP contribution < -0.4 is 5.32 Å². The summed E-state index contributed by atoms with van der Waals surface area (Å²) in [6, 6.07) is 13.9. The van der Waals surface area contributed by atoms with E-state index in [0.717, 1.165) is 11.1 Å². The summed E-state index contributed by atoms with van der Waals surface area (Å²) in [4.78, 5) is 0. The lowest BCUT2D eigenvalue weighted by Gasteiger charge is -2.19. The summed E-state index contributed by atoms with van der Waals surface area (Å²) in [6.07, 6.45) is 1.21. The summed E-state index contributed by atoms with van der Waals surface area (Å²) in [7, 11) is -3.15. The zero-order valence-corrected chi connectivity index (χ0v) is 13.5. The molecule has 2 aromatic carbocycles. The molecule has 3 nitrogen and oxygen atoms in total. The predicted molar refractivity (Wildman–Crippen MR) is 86.9 cm³/mol. The molecule has 0 heterocycles. The summed E-state index contributed by atoms with van der Waals surface area (Å²) in [5.41, 5.74) is 2.38. The van der Waals surface area contributed by atoms with Crippen molar-refractivity contribution in [2.45, 2.75) is 19.5 Å². The molecule has 0 aliphatic rings. The van der Waals surface area contributed by atoms with Crippen LogP contribution in [-0.2, 0) is 16.4 Å². The number of aryl methyl sites for hydroxylation is 1. The molecule has 0 saturated carbocycles. The quantitative estimate of drug-likeness (QED) is 0.889. The molecule has 2 aromatic rings. The molecule has 118 valence electrons. The molecule has 0 spiro atoms. The smallest absolute Gasteiger partial charge is 0.149 e. The van der Waals surface area contributed by atoms with Crippen LogP contribution in [0.2, 0.25) is 0 Å². The molecule has 0 bridgehead atoms. The van der Waals surface area contributed by atoms with Gasteiger partial charge in [-0.2, -0.15) is 0 Å². The zero-order chi connectivity index (χ0) is 16.2. The molecule has 2 rings (SSSR count). The number of rotatable bonds is 6. The summed E-state index contributed by atoms with van der Waals surface area (Å²) in [5.74, 6) is -0.311. The number of benzene rings is 2. The highest BCUT2D eigenvalue weighted by molar-refractivity contribution is 7.90. The van der Waals surface area contributed by atoms with Crippen molar-refractivity contribution in [3.8, 4) is 0 Å². The number of sulfone groups is 1. The van der Waals surface area contributed by atoms with Gasteiger partial charge in [-0.3, -0.25) is 0 Å². The van der Waals surface area contributed by atoms with E-state index in [1.54, 1.807) is 12.1 Å². The van der Waals surface area contributed by atoms with Crippen LogP contribution in [-0.4, -0.2) is 20.4 Å². The second-order valence-electron chi connectivity index (χ2n) is 5.53. The van der Waals surface area contributed by atoms with E-state index in [1.165, 1.54) is 12.3 Å². The average molecular weight is 321 g/mol. The Kier molecular flexibility index (Phi) is 5.32. The first-order chi connectivity index (χ1) is 10.3. The van der Waals surface area contributed by atoms with Crippen LogP contribution in [0.4, 0.5) is 4.39 Å². The molecule has 0 amide bonds. The highest BCUT2D eigenvalue weighted by Gasteiger charge is 2.17. The van der Waals surface area contributed by atoms with Crippen molar-refractivity contribution in [3.05, 3.63) is 71.0 Å². The van der Waals surface area contributed by atoms with Crippen LogP contribution >= 0.6 is 0 Å². The number of hydrogen-bond donors (Lipinski definition) is 1. The largest absolute Gasteiger partial charge is 0.305 e. The molecule has 0 fully saturated rings. The Bertz CT molecular complexity index is 730. The summed E-state index contributed by atoms with van der Waals surface area (Å²) in [6.45, 7) is 2.18. The van der Waals surface area contributed by atoms with Crippen molar-refractivity contribution in [1.82, 2.24) is 5.32 Å². The van der Waals surface area contributed by atoms with E-state index in [0.29, 0.717) is 5.56 Å². The lowest BCUT2D eigenvalue weighted by molar-refractivity contribution is 0.533. The molecule has 0 aromatic heterocycles. The van der Waals surface area contributed by atoms with Crippen LogP contribution in [0.3, 0.4) is 0 Å². The van der Waals surface area contributed by atoms with Crippen LogP contribution in [0.1, 0.15) is 22.7 Å². The third kappa shape index (κ3) is 4.93. The fraction of sp³-hybridized carbons (Fsp3) is 0.294. The molecule has 0 radical (unpaired) electrons. The Labute approximate surface area is 131 Å². The van der Waals surface area contributed by atoms with Gasteiger partial charge in [0.2, 0.25) is 0 Å². The van der Waals surface area contributed by atoms with E-state index in [2.05, 4.69) is 5.32 Å². The third-order valence-corrected chi connectivity index (χ3v) is 4.35. The third-order valence-electron chi connectivity index (χ3n) is 3.41. The van der Waals surface area contributed by atoms with E-state index in [4.69, 9.17) is 0 Å². The summed E-state index contributed by atoms with van der Waals surface area (Å²) >= 11 is 0. The summed E-state index contributed by atoms with van der Waals surface area (Å²) < 4.78 is 37.1. The molecule has 1 N–H and O–H groups in total. The second-order valence-corrected chi connectivity index (χ2v) is 7.72. The summed E-state index contributed by atoms with van der Waals surface area (Å²) in [5, 5.41) is 3.16. The molecular formula is C17H20FNO2S. The van der Waals surface area contributed by atoms with Gasteiger partial charge >= 0.3 is 0 Å². The molecule has 1 unspecified atom stereocenters. The highest BCUT2D eigenvalue weighted by atomic mass is 32.2. The molecule has 1 atom stereocenters. The first-order valence-electron chi connectivity index (χ1n) is 7.06. The normalized spacial score (nSPS) is 13.0. The van der Waals surface area contributed by atoms with Crippen LogP contribution in [0.5, 0.6) is 0 Å². The second kappa shape index (κ2) is 7.03. The molecule has 0 aliphatic carbocycles. The Morgan fingerprint density at radius 2 is 1.82 bits per heavy atom. The number of hydrogen-bond acceptors (Lipinski definition) is 3. The molecule has 0 aliphatic heterocycles. The maximum atomic E-state index is 13.8. The molecule has 5 heteroatoms. The molecule has 22 heavy (non-hydrogen) atoms. The van der Waals surface area contributed by atoms with Crippen LogP contribution in [0.15, 0.2) is 48.5 Å². The predicted octanol–water partition coefficient (Wildman–Crippen LogP) is 3.01. The van der Waals surface area contributed by atoms with E-state index in [9.17, 15) is 12.8 Å². The number of nitrogens with one attached hydrogen (secondary N) is 1. The van der Waals surface area contributed by atoms with Gasteiger partial charge in [0.1, 0.15) is 15.7 Å². The van der Waals surface area contributed by atoms with Gasteiger partial charge in [-0.15, -0.1) is 0 Å². The standard InChI is InChI=1S/C17H20FNO2S/c1-13-8-9-16(18)15(10-13)11-19-17(12-22(2,20)21)14-6-4-3-5-7-14/h3-10,17,19H,11-12H2,1-2H3. The Hall–Kier alpha value is -1.72.